The van der Waals surface area contributed by atoms with Crippen molar-refractivity contribution in [1.82, 2.24) is 15.3 Å². The summed E-state index contributed by atoms with van der Waals surface area (Å²) in [6.45, 7) is 1.96. The van der Waals surface area contributed by atoms with Crippen molar-refractivity contribution in [1.29, 1.82) is 0 Å². The molecule has 3 heterocycles. The summed E-state index contributed by atoms with van der Waals surface area (Å²) in [4.78, 5) is 19.3. The fourth-order valence-corrected chi connectivity index (χ4v) is 3.41. The number of aromatic amines is 1. The Morgan fingerprint density at radius 2 is 2.04 bits per heavy atom. The second kappa shape index (κ2) is 6.76. The average Bonchev–Trinajstić information content (AvgIpc) is 3.11. The van der Waals surface area contributed by atoms with Gasteiger partial charge in [-0.2, -0.15) is 0 Å². The van der Waals surface area contributed by atoms with Crippen molar-refractivity contribution >= 4 is 22.8 Å². The van der Waals surface area contributed by atoms with Crippen molar-refractivity contribution in [2.45, 2.75) is 18.9 Å². The highest BCUT2D eigenvalue weighted by molar-refractivity contribution is 5.98. The molecule has 1 aliphatic rings. The van der Waals surface area contributed by atoms with Crippen molar-refractivity contribution < 1.29 is 9.18 Å². The van der Waals surface area contributed by atoms with Gasteiger partial charge < -0.3 is 21.4 Å². The number of fused-ring (bicyclic) bond motifs is 1. The van der Waals surface area contributed by atoms with Crippen LogP contribution in [0.4, 0.5) is 10.2 Å². The molecule has 1 amide bonds. The molecule has 0 unspecified atom stereocenters. The number of carbonyl (C=O) groups excluding carboxylic acids is 1. The molecule has 0 bridgehead atoms. The average molecular weight is 353 g/mol. The van der Waals surface area contributed by atoms with Crippen LogP contribution in [0.2, 0.25) is 0 Å². The lowest BCUT2D eigenvalue weighted by molar-refractivity contribution is 0.0996. The highest BCUT2D eigenvalue weighted by atomic mass is 19.1. The van der Waals surface area contributed by atoms with E-state index in [1.807, 2.05) is 18.3 Å². The molecule has 1 saturated heterocycles. The van der Waals surface area contributed by atoms with E-state index in [-0.39, 0.29) is 5.56 Å². The van der Waals surface area contributed by atoms with Crippen LogP contribution in [0.3, 0.4) is 0 Å². The van der Waals surface area contributed by atoms with Gasteiger partial charge in [0.25, 0.3) is 5.91 Å². The molecule has 3 aromatic rings. The first-order chi connectivity index (χ1) is 12.6. The Morgan fingerprint density at radius 3 is 2.81 bits per heavy atom. The molecule has 0 saturated carbocycles. The molecule has 134 valence electrons. The van der Waals surface area contributed by atoms with Crippen molar-refractivity contribution in [3.63, 3.8) is 0 Å². The Balaban J connectivity index is 1.77. The van der Waals surface area contributed by atoms with Gasteiger partial charge in [0.05, 0.1) is 5.56 Å². The van der Waals surface area contributed by atoms with Gasteiger partial charge in [0.2, 0.25) is 0 Å². The van der Waals surface area contributed by atoms with Crippen LogP contribution in [0.5, 0.6) is 0 Å². The zero-order valence-electron chi connectivity index (χ0n) is 14.2. The largest absolute Gasteiger partial charge is 0.367 e. The van der Waals surface area contributed by atoms with Gasteiger partial charge in [0, 0.05) is 17.6 Å². The zero-order chi connectivity index (χ0) is 18.1. The summed E-state index contributed by atoms with van der Waals surface area (Å²) in [5, 5.41) is 7.73. The molecule has 4 rings (SSSR count). The van der Waals surface area contributed by atoms with Gasteiger partial charge in [-0.15, -0.1) is 0 Å². The lowest BCUT2D eigenvalue weighted by Gasteiger charge is -2.24. The first-order valence-electron chi connectivity index (χ1n) is 8.67. The third kappa shape index (κ3) is 3.13. The number of piperidine rings is 1. The normalized spacial score (nSPS) is 15.3. The molecular weight excluding hydrogens is 333 g/mol. The van der Waals surface area contributed by atoms with Crippen molar-refractivity contribution in [3.8, 4) is 11.1 Å². The molecule has 26 heavy (non-hydrogen) atoms. The number of amides is 1. The minimum Gasteiger partial charge on any atom is -0.367 e. The fourth-order valence-electron chi connectivity index (χ4n) is 3.41. The predicted molar refractivity (Wildman–Crippen MR) is 99.5 cm³/mol. The lowest BCUT2D eigenvalue weighted by Crippen LogP contribution is -2.35. The molecule has 2 aromatic heterocycles. The maximum absolute atomic E-state index is 13.8. The molecule has 1 fully saturated rings. The molecule has 5 N–H and O–H groups in total. The van der Waals surface area contributed by atoms with Gasteiger partial charge in [0.15, 0.2) is 0 Å². The number of benzene rings is 1. The summed E-state index contributed by atoms with van der Waals surface area (Å²) in [6.07, 6.45) is 3.87. The monoisotopic (exact) mass is 353 g/mol. The SMILES string of the molecule is NC(=O)c1cc(-c2cc(NC3CCNCC3)nc3[nH]ccc23)ccc1F. The minimum absolute atomic E-state index is 0.115. The molecule has 6 nitrogen and oxygen atoms in total. The maximum Gasteiger partial charge on any atom is 0.251 e. The summed E-state index contributed by atoms with van der Waals surface area (Å²) in [5.41, 5.74) is 7.51. The van der Waals surface area contributed by atoms with Gasteiger partial charge >= 0.3 is 0 Å². The summed E-state index contributed by atoms with van der Waals surface area (Å²) in [6, 6.07) is 8.63. The fraction of sp³-hybridized carbons (Fsp3) is 0.263. The molecule has 0 radical (unpaired) electrons. The van der Waals surface area contributed by atoms with Crippen LogP contribution >= 0.6 is 0 Å². The number of anilines is 1. The van der Waals surface area contributed by atoms with E-state index in [1.54, 1.807) is 6.07 Å². The number of hydrogen-bond acceptors (Lipinski definition) is 4. The van der Waals surface area contributed by atoms with Gasteiger partial charge in [0.1, 0.15) is 17.3 Å². The number of nitrogens with two attached hydrogens (primary N) is 1. The maximum atomic E-state index is 13.8. The summed E-state index contributed by atoms with van der Waals surface area (Å²) in [5.74, 6) is -0.641. The first-order valence-corrected chi connectivity index (χ1v) is 8.67. The summed E-state index contributed by atoms with van der Waals surface area (Å²) >= 11 is 0. The van der Waals surface area contributed by atoms with Crippen LogP contribution in [0.15, 0.2) is 36.5 Å². The number of aromatic nitrogens is 2. The molecule has 0 atom stereocenters. The predicted octanol–water partition coefficient (Wildman–Crippen LogP) is 2.63. The number of nitrogens with one attached hydrogen (secondary N) is 3. The van der Waals surface area contributed by atoms with Crippen molar-refractivity contribution in [2.75, 3.05) is 18.4 Å². The van der Waals surface area contributed by atoms with Crippen LogP contribution in [-0.4, -0.2) is 35.0 Å². The quantitative estimate of drug-likeness (QED) is 0.580. The highest BCUT2D eigenvalue weighted by Gasteiger charge is 2.16. The van der Waals surface area contributed by atoms with E-state index in [4.69, 9.17) is 5.73 Å². The molecule has 0 spiro atoms. The summed E-state index contributed by atoms with van der Waals surface area (Å²) < 4.78 is 13.8. The lowest BCUT2D eigenvalue weighted by atomic mass is 10.00. The van der Waals surface area contributed by atoms with E-state index in [9.17, 15) is 9.18 Å². The Hall–Kier alpha value is -2.93. The Morgan fingerprint density at radius 1 is 1.23 bits per heavy atom. The van der Waals surface area contributed by atoms with Gasteiger partial charge in [-0.3, -0.25) is 4.79 Å². The number of carbonyl (C=O) groups is 1. The number of nitrogens with zero attached hydrogens (tertiary/aromatic N) is 1. The van der Waals surface area contributed by atoms with Crippen LogP contribution in [0.1, 0.15) is 23.2 Å². The van der Waals surface area contributed by atoms with E-state index >= 15 is 0 Å². The topological polar surface area (TPSA) is 95.8 Å². The smallest absolute Gasteiger partial charge is 0.251 e. The number of H-pyrrole nitrogens is 1. The first kappa shape index (κ1) is 16.5. The zero-order valence-corrected chi connectivity index (χ0v) is 14.2. The van der Waals surface area contributed by atoms with Crippen LogP contribution in [-0.2, 0) is 0 Å². The molecule has 1 aromatic carbocycles. The second-order valence-corrected chi connectivity index (χ2v) is 6.52. The highest BCUT2D eigenvalue weighted by Crippen LogP contribution is 2.31. The van der Waals surface area contributed by atoms with Crippen molar-refractivity contribution in [3.05, 3.63) is 47.9 Å². The number of halogens is 1. The number of hydrogen-bond donors (Lipinski definition) is 4. The second-order valence-electron chi connectivity index (χ2n) is 6.52. The van der Waals surface area contributed by atoms with E-state index in [1.165, 1.54) is 12.1 Å². The Labute approximate surface area is 150 Å². The number of primary amides is 1. The molecular formula is C19H20FN5O. The molecule has 0 aliphatic carbocycles. The van der Waals surface area contributed by atoms with E-state index < -0.39 is 11.7 Å². The Kier molecular flexibility index (Phi) is 4.30. The standard InChI is InChI=1S/C19H20FN5O/c20-16-2-1-11(9-15(16)18(21)26)14-10-17(24-12-3-6-22-7-4-12)25-19-13(14)5-8-23-19/h1-2,5,8-10,12,22H,3-4,6-7H2,(H2,21,26)(H2,23,24,25). The third-order valence-electron chi connectivity index (χ3n) is 4.76. The number of rotatable bonds is 4. The Bertz CT molecular complexity index is 962. The van der Waals surface area contributed by atoms with Gasteiger partial charge in [-0.1, -0.05) is 6.07 Å². The molecule has 1 aliphatic heterocycles. The summed E-state index contributed by atoms with van der Waals surface area (Å²) in [7, 11) is 0. The van der Waals surface area contributed by atoms with E-state index in [2.05, 4.69) is 20.6 Å². The van der Waals surface area contributed by atoms with Crippen molar-refractivity contribution in [2.24, 2.45) is 5.73 Å². The molecule has 7 heteroatoms. The minimum atomic E-state index is -0.781. The third-order valence-corrected chi connectivity index (χ3v) is 4.76. The van der Waals surface area contributed by atoms with Gasteiger partial charge in [-0.25, -0.2) is 9.37 Å². The number of pyridine rings is 1. The van der Waals surface area contributed by atoms with Crippen LogP contribution in [0.25, 0.3) is 22.2 Å². The van der Waals surface area contributed by atoms with Gasteiger partial charge in [-0.05, 0) is 61.3 Å². The van der Waals surface area contributed by atoms with E-state index in [0.29, 0.717) is 6.04 Å². The van der Waals surface area contributed by atoms with Crippen LogP contribution in [0, 0.1) is 5.82 Å². The van der Waals surface area contributed by atoms with E-state index in [0.717, 1.165) is 53.9 Å². The van der Waals surface area contributed by atoms with Crippen LogP contribution < -0.4 is 16.4 Å².